The zero-order chi connectivity index (χ0) is 15.6. The highest BCUT2D eigenvalue weighted by atomic mass is 28.4. The fourth-order valence-electron chi connectivity index (χ4n) is 2.22. The molecule has 1 aromatic carbocycles. The first kappa shape index (κ1) is 18.2. The molecular formula is C17H29FO2Si. The lowest BCUT2D eigenvalue weighted by Crippen LogP contribution is -2.38. The third kappa shape index (κ3) is 8.89. The van der Waals surface area contributed by atoms with Crippen LogP contribution >= 0.6 is 0 Å². The van der Waals surface area contributed by atoms with Crippen molar-refractivity contribution in [3.63, 3.8) is 0 Å². The van der Waals surface area contributed by atoms with Crippen molar-refractivity contribution < 1.29 is 13.2 Å². The molecule has 0 saturated carbocycles. The van der Waals surface area contributed by atoms with E-state index < -0.39 is 8.56 Å². The zero-order valence-corrected chi connectivity index (χ0v) is 14.7. The molecule has 0 saturated heterocycles. The second kappa shape index (κ2) is 9.95. The highest BCUT2D eigenvalue weighted by molar-refractivity contribution is 6.65. The molecule has 4 heteroatoms. The molecule has 0 atom stereocenters. The smallest absolute Gasteiger partial charge is 0.392 e. The van der Waals surface area contributed by atoms with Gasteiger partial charge in [-0.3, -0.25) is 0 Å². The van der Waals surface area contributed by atoms with E-state index in [1.165, 1.54) is 50.7 Å². The summed E-state index contributed by atoms with van der Waals surface area (Å²) in [5.74, 6) is 0.288. The van der Waals surface area contributed by atoms with E-state index in [0.717, 1.165) is 13.0 Å². The maximum Gasteiger partial charge on any atom is 0.392 e. The van der Waals surface area contributed by atoms with Crippen molar-refractivity contribution in [2.24, 2.45) is 0 Å². The van der Waals surface area contributed by atoms with Crippen LogP contribution < -0.4 is 4.43 Å². The Kier molecular flexibility index (Phi) is 8.62. The Morgan fingerprint density at radius 2 is 1.67 bits per heavy atom. The van der Waals surface area contributed by atoms with Crippen LogP contribution in [0.5, 0.6) is 5.75 Å². The van der Waals surface area contributed by atoms with Crippen LogP contribution in [0.1, 0.15) is 51.9 Å². The van der Waals surface area contributed by atoms with Gasteiger partial charge >= 0.3 is 8.56 Å². The van der Waals surface area contributed by atoms with Gasteiger partial charge in [0, 0.05) is 12.7 Å². The van der Waals surface area contributed by atoms with E-state index in [0.29, 0.717) is 5.75 Å². The largest absolute Gasteiger partial charge is 0.520 e. The summed E-state index contributed by atoms with van der Waals surface area (Å²) in [6.07, 6.45) is 8.90. The summed E-state index contributed by atoms with van der Waals surface area (Å²) in [7, 11) is -2.21. The standard InChI is InChI=1S/C17H29FO2Si/c1-4-5-6-7-8-9-10-14-19-21(2,3)20-17-13-11-12-16(18)15-17/h11-13,15H,4-10,14H2,1-3H3. The number of benzene rings is 1. The average Bonchev–Trinajstić information content (AvgIpc) is 2.41. The van der Waals surface area contributed by atoms with Gasteiger partial charge in [0.15, 0.2) is 0 Å². The van der Waals surface area contributed by atoms with Gasteiger partial charge in [-0.15, -0.1) is 0 Å². The molecule has 0 N–H and O–H groups in total. The topological polar surface area (TPSA) is 18.5 Å². The molecule has 0 bridgehead atoms. The molecular weight excluding hydrogens is 283 g/mol. The SMILES string of the molecule is CCCCCCCCCO[Si](C)(C)Oc1cccc(F)c1. The van der Waals surface area contributed by atoms with Crippen molar-refractivity contribution >= 4 is 8.56 Å². The minimum absolute atomic E-state index is 0.274. The van der Waals surface area contributed by atoms with Gasteiger partial charge in [0.05, 0.1) is 0 Å². The van der Waals surface area contributed by atoms with Crippen molar-refractivity contribution in [3.05, 3.63) is 30.1 Å². The van der Waals surface area contributed by atoms with Gasteiger partial charge in [-0.25, -0.2) is 4.39 Å². The lowest BCUT2D eigenvalue weighted by atomic mass is 10.1. The molecule has 0 fully saturated rings. The van der Waals surface area contributed by atoms with E-state index in [9.17, 15) is 4.39 Å². The van der Waals surface area contributed by atoms with Crippen molar-refractivity contribution in [1.29, 1.82) is 0 Å². The zero-order valence-electron chi connectivity index (χ0n) is 13.7. The number of hydrogen-bond acceptors (Lipinski definition) is 2. The molecule has 0 aliphatic carbocycles. The van der Waals surface area contributed by atoms with E-state index in [1.54, 1.807) is 12.1 Å². The molecule has 0 aromatic heterocycles. The third-order valence-electron chi connectivity index (χ3n) is 3.36. The summed E-state index contributed by atoms with van der Waals surface area (Å²) < 4.78 is 24.8. The van der Waals surface area contributed by atoms with E-state index >= 15 is 0 Å². The van der Waals surface area contributed by atoms with Crippen molar-refractivity contribution in [3.8, 4) is 5.75 Å². The molecule has 0 radical (unpaired) electrons. The minimum atomic E-state index is -2.21. The predicted molar refractivity (Wildman–Crippen MR) is 88.5 cm³/mol. The monoisotopic (exact) mass is 312 g/mol. The van der Waals surface area contributed by atoms with Gasteiger partial charge in [0.1, 0.15) is 11.6 Å². The quantitative estimate of drug-likeness (QED) is 0.387. The average molecular weight is 313 g/mol. The van der Waals surface area contributed by atoms with Crippen LogP contribution in [0.25, 0.3) is 0 Å². The first-order valence-corrected chi connectivity index (χ1v) is 10.9. The van der Waals surface area contributed by atoms with E-state index in [4.69, 9.17) is 8.85 Å². The number of hydrogen-bond donors (Lipinski definition) is 0. The Hall–Kier alpha value is -0.873. The molecule has 0 heterocycles. The van der Waals surface area contributed by atoms with Gasteiger partial charge in [0.25, 0.3) is 0 Å². The lowest BCUT2D eigenvalue weighted by Gasteiger charge is -2.23. The summed E-state index contributed by atoms with van der Waals surface area (Å²) in [6.45, 7) is 6.97. The van der Waals surface area contributed by atoms with Crippen LogP contribution in [0.3, 0.4) is 0 Å². The summed E-state index contributed by atoms with van der Waals surface area (Å²) in [5, 5.41) is 0. The number of rotatable bonds is 11. The van der Waals surface area contributed by atoms with Gasteiger partial charge < -0.3 is 8.85 Å². The Morgan fingerprint density at radius 1 is 1.00 bits per heavy atom. The van der Waals surface area contributed by atoms with Crippen molar-refractivity contribution in [1.82, 2.24) is 0 Å². The highest BCUT2D eigenvalue weighted by Crippen LogP contribution is 2.18. The van der Waals surface area contributed by atoms with Crippen LogP contribution in [-0.2, 0) is 4.43 Å². The second-order valence-corrected chi connectivity index (χ2v) is 9.22. The molecule has 1 rings (SSSR count). The Labute approximate surface area is 129 Å². The van der Waals surface area contributed by atoms with Crippen molar-refractivity contribution in [2.45, 2.75) is 65.0 Å². The Balaban J connectivity index is 2.15. The van der Waals surface area contributed by atoms with Crippen molar-refractivity contribution in [2.75, 3.05) is 6.61 Å². The molecule has 0 spiro atoms. The summed E-state index contributed by atoms with van der Waals surface area (Å²) in [4.78, 5) is 0. The van der Waals surface area contributed by atoms with Gasteiger partial charge in [-0.1, -0.05) is 51.5 Å². The second-order valence-electron chi connectivity index (χ2n) is 5.93. The molecule has 0 amide bonds. The molecule has 0 unspecified atom stereocenters. The van der Waals surface area contributed by atoms with Crippen LogP contribution in [0.2, 0.25) is 13.1 Å². The van der Waals surface area contributed by atoms with E-state index in [2.05, 4.69) is 6.92 Å². The molecule has 1 aromatic rings. The molecule has 21 heavy (non-hydrogen) atoms. The fraction of sp³-hybridized carbons (Fsp3) is 0.647. The Bertz CT molecular complexity index is 396. The Morgan fingerprint density at radius 3 is 2.33 bits per heavy atom. The summed E-state index contributed by atoms with van der Waals surface area (Å²) >= 11 is 0. The maximum absolute atomic E-state index is 13.1. The molecule has 0 aliphatic heterocycles. The number of halogens is 1. The summed E-state index contributed by atoms with van der Waals surface area (Å²) in [5.41, 5.74) is 0. The highest BCUT2D eigenvalue weighted by Gasteiger charge is 2.26. The van der Waals surface area contributed by atoms with Gasteiger partial charge in [0.2, 0.25) is 0 Å². The van der Waals surface area contributed by atoms with E-state index in [-0.39, 0.29) is 5.82 Å². The molecule has 120 valence electrons. The molecule has 0 aliphatic rings. The normalized spacial score (nSPS) is 11.6. The van der Waals surface area contributed by atoms with Crippen LogP contribution in [0.15, 0.2) is 24.3 Å². The first-order valence-electron chi connectivity index (χ1n) is 8.12. The minimum Gasteiger partial charge on any atom is -0.520 e. The first-order chi connectivity index (χ1) is 10.0. The van der Waals surface area contributed by atoms with Crippen LogP contribution in [-0.4, -0.2) is 15.2 Å². The molecule has 2 nitrogen and oxygen atoms in total. The van der Waals surface area contributed by atoms with Gasteiger partial charge in [-0.2, -0.15) is 0 Å². The fourth-order valence-corrected chi connectivity index (χ4v) is 3.61. The van der Waals surface area contributed by atoms with Crippen LogP contribution in [0.4, 0.5) is 4.39 Å². The number of unbranched alkanes of at least 4 members (excludes halogenated alkanes) is 6. The maximum atomic E-state index is 13.1. The predicted octanol–water partition coefficient (Wildman–Crippen LogP) is 5.67. The summed E-state index contributed by atoms with van der Waals surface area (Å²) in [6, 6.07) is 6.26. The lowest BCUT2D eigenvalue weighted by molar-refractivity contribution is 0.240. The third-order valence-corrected chi connectivity index (χ3v) is 4.98. The van der Waals surface area contributed by atoms with Crippen LogP contribution in [0, 0.1) is 5.82 Å². The van der Waals surface area contributed by atoms with E-state index in [1.807, 2.05) is 13.1 Å². The van der Waals surface area contributed by atoms with Gasteiger partial charge in [-0.05, 0) is 31.6 Å².